The van der Waals surface area contributed by atoms with Gasteiger partial charge in [-0.2, -0.15) is 0 Å². The molecular formula is C24H25ClN2O5S. The zero-order chi connectivity index (χ0) is 23.8. The fraction of sp³-hybridized carbons (Fsp3) is 0.208. The van der Waals surface area contributed by atoms with Gasteiger partial charge in [-0.15, -0.1) is 0 Å². The van der Waals surface area contributed by atoms with Crippen molar-refractivity contribution in [3.63, 3.8) is 0 Å². The molecule has 0 saturated heterocycles. The summed E-state index contributed by atoms with van der Waals surface area (Å²) in [7, 11) is -2.58. The number of methoxy groups -OCH3 is 1. The minimum Gasteiger partial charge on any atom is -0.495 e. The molecule has 0 atom stereocenters. The largest absolute Gasteiger partial charge is 0.495 e. The number of carbonyl (C=O) groups is 1. The molecule has 174 valence electrons. The Hall–Kier alpha value is -3.23. The van der Waals surface area contributed by atoms with Gasteiger partial charge in [0.1, 0.15) is 24.7 Å². The molecule has 9 heteroatoms. The molecule has 0 radical (unpaired) electrons. The number of para-hydroxylation sites is 1. The lowest BCUT2D eigenvalue weighted by Crippen LogP contribution is -2.42. The van der Waals surface area contributed by atoms with Crippen LogP contribution in [0.2, 0.25) is 5.02 Å². The smallest absolute Gasteiger partial charge is 0.264 e. The second kappa shape index (κ2) is 11.1. The van der Waals surface area contributed by atoms with E-state index in [0.29, 0.717) is 16.5 Å². The van der Waals surface area contributed by atoms with E-state index in [2.05, 4.69) is 5.32 Å². The van der Waals surface area contributed by atoms with Crippen molar-refractivity contribution >= 4 is 33.2 Å². The molecule has 3 rings (SSSR count). The van der Waals surface area contributed by atoms with E-state index in [1.807, 2.05) is 13.0 Å². The third-order valence-electron chi connectivity index (χ3n) is 4.74. The van der Waals surface area contributed by atoms with Gasteiger partial charge < -0.3 is 14.8 Å². The number of anilines is 1. The van der Waals surface area contributed by atoms with E-state index in [1.165, 1.54) is 19.2 Å². The summed E-state index contributed by atoms with van der Waals surface area (Å²) < 4.78 is 38.9. The van der Waals surface area contributed by atoms with Gasteiger partial charge in [0.05, 0.1) is 29.3 Å². The van der Waals surface area contributed by atoms with Crippen LogP contribution in [0.1, 0.15) is 5.56 Å². The lowest BCUT2D eigenvalue weighted by atomic mass is 10.2. The maximum atomic E-state index is 13.5. The number of amides is 1. The SMILES string of the molecule is COc1ccc(C)cc1N(CC(=O)NCCOc1ccccc1Cl)S(=O)(=O)c1ccccc1. The number of hydrogen-bond donors (Lipinski definition) is 1. The van der Waals surface area contributed by atoms with Gasteiger partial charge >= 0.3 is 0 Å². The molecule has 0 heterocycles. The van der Waals surface area contributed by atoms with Crippen molar-refractivity contribution in [3.05, 3.63) is 83.4 Å². The van der Waals surface area contributed by atoms with E-state index in [1.54, 1.807) is 54.6 Å². The second-order valence-corrected chi connectivity index (χ2v) is 9.40. The van der Waals surface area contributed by atoms with Crippen molar-refractivity contribution in [2.75, 3.05) is 31.1 Å². The number of carbonyl (C=O) groups excluding carboxylic acids is 1. The lowest BCUT2D eigenvalue weighted by Gasteiger charge is -2.26. The van der Waals surface area contributed by atoms with Crippen LogP contribution >= 0.6 is 11.6 Å². The average Bonchev–Trinajstić information content (AvgIpc) is 2.82. The van der Waals surface area contributed by atoms with Gasteiger partial charge in [0, 0.05) is 0 Å². The van der Waals surface area contributed by atoms with Gasteiger partial charge in [0.15, 0.2) is 0 Å². The number of sulfonamides is 1. The van der Waals surface area contributed by atoms with Crippen molar-refractivity contribution in [2.45, 2.75) is 11.8 Å². The highest BCUT2D eigenvalue weighted by Gasteiger charge is 2.29. The number of nitrogens with one attached hydrogen (secondary N) is 1. The number of aryl methyl sites for hydroxylation is 1. The van der Waals surface area contributed by atoms with Crippen molar-refractivity contribution in [1.29, 1.82) is 0 Å². The first-order valence-corrected chi connectivity index (χ1v) is 12.0. The Kier molecular flexibility index (Phi) is 8.19. The summed E-state index contributed by atoms with van der Waals surface area (Å²) in [5.74, 6) is 0.363. The van der Waals surface area contributed by atoms with Gasteiger partial charge in [-0.3, -0.25) is 9.10 Å². The zero-order valence-electron chi connectivity index (χ0n) is 18.3. The topological polar surface area (TPSA) is 84.9 Å². The molecule has 0 unspecified atom stereocenters. The summed E-state index contributed by atoms with van der Waals surface area (Å²) in [6.07, 6.45) is 0. The Bertz CT molecular complexity index is 1200. The number of nitrogens with zero attached hydrogens (tertiary/aromatic N) is 1. The fourth-order valence-electron chi connectivity index (χ4n) is 3.11. The number of hydrogen-bond acceptors (Lipinski definition) is 5. The first-order chi connectivity index (χ1) is 15.8. The van der Waals surface area contributed by atoms with E-state index >= 15 is 0 Å². The molecular weight excluding hydrogens is 464 g/mol. The van der Waals surface area contributed by atoms with E-state index in [-0.39, 0.29) is 23.7 Å². The predicted molar refractivity (Wildman–Crippen MR) is 129 cm³/mol. The van der Waals surface area contributed by atoms with Gasteiger partial charge in [-0.25, -0.2) is 8.42 Å². The highest BCUT2D eigenvalue weighted by atomic mass is 35.5. The first kappa shape index (κ1) is 24.4. The molecule has 7 nitrogen and oxygen atoms in total. The molecule has 0 bridgehead atoms. The molecule has 0 aromatic heterocycles. The zero-order valence-corrected chi connectivity index (χ0v) is 19.9. The summed E-state index contributed by atoms with van der Waals surface area (Å²) >= 11 is 6.05. The summed E-state index contributed by atoms with van der Waals surface area (Å²) in [6, 6.07) is 20.1. The minimum atomic E-state index is -4.03. The van der Waals surface area contributed by atoms with Crippen LogP contribution in [0, 0.1) is 6.92 Å². The van der Waals surface area contributed by atoms with E-state index < -0.39 is 22.5 Å². The van der Waals surface area contributed by atoms with Crippen LogP contribution in [-0.2, 0) is 14.8 Å². The highest BCUT2D eigenvalue weighted by Crippen LogP contribution is 2.33. The Labute approximate surface area is 198 Å². The standard InChI is InChI=1S/C24H25ClN2O5S/c1-18-12-13-23(31-2)21(16-18)27(33(29,30)19-8-4-3-5-9-19)17-24(28)26-14-15-32-22-11-7-6-10-20(22)25/h3-13,16H,14-15,17H2,1-2H3,(H,26,28). The molecule has 1 amide bonds. The van der Waals surface area contributed by atoms with Crippen LogP contribution in [0.5, 0.6) is 11.5 Å². The van der Waals surface area contributed by atoms with Crippen LogP contribution in [0.3, 0.4) is 0 Å². The number of ether oxygens (including phenoxy) is 2. The normalized spacial score (nSPS) is 11.0. The molecule has 0 spiro atoms. The van der Waals surface area contributed by atoms with Gasteiger partial charge in [-0.05, 0) is 48.9 Å². The van der Waals surface area contributed by atoms with Crippen LogP contribution < -0.4 is 19.1 Å². The number of benzene rings is 3. The van der Waals surface area contributed by atoms with Gasteiger partial charge in [0.25, 0.3) is 10.0 Å². The van der Waals surface area contributed by atoms with E-state index in [4.69, 9.17) is 21.1 Å². The third-order valence-corrected chi connectivity index (χ3v) is 6.83. The van der Waals surface area contributed by atoms with Gasteiger partial charge in [0.2, 0.25) is 5.91 Å². The Morgan fingerprint density at radius 1 is 1.00 bits per heavy atom. The second-order valence-electron chi connectivity index (χ2n) is 7.13. The summed E-state index contributed by atoms with van der Waals surface area (Å²) in [6.45, 7) is 1.76. The van der Waals surface area contributed by atoms with Crippen LogP contribution in [0.15, 0.2) is 77.7 Å². The minimum absolute atomic E-state index is 0.0726. The molecule has 0 aliphatic heterocycles. The summed E-state index contributed by atoms with van der Waals surface area (Å²) in [4.78, 5) is 12.8. The Balaban J connectivity index is 1.78. The molecule has 0 aliphatic carbocycles. The molecule has 0 aliphatic rings. The number of rotatable bonds is 10. The highest BCUT2D eigenvalue weighted by molar-refractivity contribution is 7.92. The third kappa shape index (κ3) is 6.18. The van der Waals surface area contributed by atoms with Gasteiger partial charge in [-0.1, -0.05) is 48.0 Å². The Morgan fingerprint density at radius 2 is 1.70 bits per heavy atom. The van der Waals surface area contributed by atoms with E-state index in [9.17, 15) is 13.2 Å². The quantitative estimate of drug-likeness (QED) is 0.435. The molecule has 3 aromatic carbocycles. The lowest BCUT2D eigenvalue weighted by molar-refractivity contribution is -0.119. The first-order valence-electron chi connectivity index (χ1n) is 10.2. The Morgan fingerprint density at radius 3 is 2.39 bits per heavy atom. The summed E-state index contributed by atoms with van der Waals surface area (Å²) in [5, 5.41) is 3.16. The van der Waals surface area contributed by atoms with Crippen molar-refractivity contribution in [1.82, 2.24) is 5.32 Å². The maximum absolute atomic E-state index is 13.5. The molecule has 0 fully saturated rings. The van der Waals surface area contributed by atoms with Crippen molar-refractivity contribution in [2.24, 2.45) is 0 Å². The summed E-state index contributed by atoms with van der Waals surface area (Å²) in [5.41, 5.74) is 1.11. The van der Waals surface area contributed by atoms with Crippen molar-refractivity contribution < 1.29 is 22.7 Å². The molecule has 1 N–H and O–H groups in total. The molecule has 33 heavy (non-hydrogen) atoms. The monoisotopic (exact) mass is 488 g/mol. The van der Waals surface area contributed by atoms with Crippen LogP contribution in [0.4, 0.5) is 5.69 Å². The van der Waals surface area contributed by atoms with Crippen LogP contribution in [0.25, 0.3) is 0 Å². The molecule has 3 aromatic rings. The van der Waals surface area contributed by atoms with Crippen molar-refractivity contribution in [3.8, 4) is 11.5 Å². The van der Waals surface area contributed by atoms with E-state index in [0.717, 1.165) is 9.87 Å². The number of halogens is 1. The predicted octanol–water partition coefficient (Wildman–Crippen LogP) is 4.05. The molecule has 0 saturated carbocycles. The maximum Gasteiger partial charge on any atom is 0.264 e. The fourth-order valence-corrected chi connectivity index (χ4v) is 4.75. The van der Waals surface area contributed by atoms with Crippen LogP contribution in [-0.4, -0.2) is 41.1 Å². The average molecular weight is 489 g/mol.